The van der Waals surface area contributed by atoms with Gasteiger partial charge in [-0.2, -0.15) is 0 Å². The van der Waals surface area contributed by atoms with Crippen LogP contribution < -0.4 is 10.6 Å². The molecule has 0 aliphatic rings. The van der Waals surface area contributed by atoms with Crippen LogP contribution in [0.4, 0.5) is 14.9 Å². The summed E-state index contributed by atoms with van der Waals surface area (Å²) >= 11 is 11.4. The van der Waals surface area contributed by atoms with Gasteiger partial charge >= 0.3 is 6.03 Å². The molecular weight excluding hydrogens is 314 g/mol. The third kappa shape index (κ3) is 4.92. The fraction of sp³-hybridized carbons (Fsp3) is 0.133. The van der Waals surface area contributed by atoms with Crippen molar-refractivity contribution in [3.63, 3.8) is 0 Å². The third-order valence-electron chi connectivity index (χ3n) is 2.79. The third-order valence-corrected chi connectivity index (χ3v) is 3.28. The van der Waals surface area contributed by atoms with Gasteiger partial charge in [-0.05, 0) is 42.3 Å². The molecule has 2 aromatic carbocycles. The average molecular weight is 327 g/mol. The SMILES string of the molecule is O=C(NCCc1ccc(Cl)cc1)Nc1ccc(Cl)cc1F. The van der Waals surface area contributed by atoms with Crippen molar-refractivity contribution in [3.8, 4) is 0 Å². The highest BCUT2D eigenvalue weighted by Crippen LogP contribution is 2.18. The zero-order chi connectivity index (χ0) is 15.2. The second-order valence-corrected chi connectivity index (χ2v) is 5.25. The standard InChI is InChI=1S/C15H13Cl2FN2O/c16-11-3-1-10(2-4-11)7-8-19-15(21)20-14-6-5-12(17)9-13(14)18/h1-6,9H,7-8H2,(H2,19,20,21). The molecule has 0 aliphatic heterocycles. The first-order valence-electron chi connectivity index (χ1n) is 6.29. The lowest BCUT2D eigenvalue weighted by atomic mass is 10.1. The molecular formula is C15H13Cl2FN2O. The molecule has 0 atom stereocenters. The maximum atomic E-state index is 13.5. The van der Waals surface area contributed by atoms with Gasteiger partial charge in [-0.25, -0.2) is 9.18 Å². The van der Waals surface area contributed by atoms with Gasteiger partial charge in [0.1, 0.15) is 5.82 Å². The first-order chi connectivity index (χ1) is 10.0. The molecule has 0 spiro atoms. The summed E-state index contributed by atoms with van der Waals surface area (Å²) in [6.45, 7) is 0.433. The molecule has 0 fully saturated rings. The van der Waals surface area contributed by atoms with E-state index in [-0.39, 0.29) is 10.7 Å². The number of hydrogen-bond donors (Lipinski definition) is 2. The molecule has 0 aliphatic carbocycles. The highest BCUT2D eigenvalue weighted by atomic mass is 35.5. The molecule has 110 valence electrons. The van der Waals surface area contributed by atoms with Crippen molar-refractivity contribution in [2.24, 2.45) is 0 Å². The molecule has 2 N–H and O–H groups in total. The van der Waals surface area contributed by atoms with E-state index in [0.29, 0.717) is 18.0 Å². The van der Waals surface area contributed by atoms with Crippen LogP contribution in [0.2, 0.25) is 10.0 Å². The first-order valence-corrected chi connectivity index (χ1v) is 7.04. The lowest BCUT2D eigenvalue weighted by molar-refractivity contribution is 0.252. The van der Waals surface area contributed by atoms with Gasteiger partial charge < -0.3 is 10.6 Å². The van der Waals surface area contributed by atoms with Gasteiger partial charge in [0.15, 0.2) is 0 Å². The van der Waals surface area contributed by atoms with Gasteiger partial charge in [0.2, 0.25) is 0 Å². The fourth-order valence-electron chi connectivity index (χ4n) is 1.73. The number of nitrogens with one attached hydrogen (secondary N) is 2. The van der Waals surface area contributed by atoms with Gasteiger partial charge in [0.25, 0.3) is 0 Å². The summed E-state index contributed by atoms with van der Waals surface area (Å²) in [6.07, 6.45) is 0.660. The van der Waals surface area contributed by atoms with Crippen LogP contribution in [0.5, 0.6) is 0 Å². The van der Waals surface area contributed by atoms with E-state index in [2.05, 4.69) is 10.6 Å². The minimum Gasteiger partial charge on any atom is -0.338 e. The van der Waals surface area contributed by atoms with Crippen LogP contribution in [-0.2, 0) is 6.42 Å². The zero-order valence-electron chi connectivity index (χ0n) is 11.0. The number of amides is 2. The molecule has 0 radical (unpaired) electrons. The molecule has 3 nitrogen and oxygen atoms in total. The Hall–Kier alpha value is -1.78. The molecule has 0 heterocycles. The van der Waals surface area contributed by atoms with Gasteiger partial charge in [0, 0.05) is 16.6 Å². The van der Waals surface area contributed by atoms with Crippen LogP contribution in [-0.4, -0.2) is 12.6 Å². The quantitative estimate of drug-likeness (QED) is 0.853. The summed E-state index contributed by atoms with van der Waals surface area (Å²) < 4.78 is 13.5. The number of carbonyl (C=O) groups excluding carboxylic acids is 1. The molecule has 2 rings (SSSR count). The highest BCUT2D eigenvalue weighted by Gasteiger charge is 2.06. The van der Waals surface area contributed by atoms with Crippen molar-refractivity contribution >= 4 is 34.9 Å². The van der Waals surface area contributed by atoms with Gasteiger partial charge in [0.05, 0.1) is 5.69 Å². The Kier molecular flexibility index (Phi) is 5.42. The van der Waals surface area contributed by atoms with Crippen LogP contribution in [0.1, 0.15) is 5.56 Å². The van der Waals surface area contributed by atoms with Crippen molar-refractivity contribution in [2.45, 2.75) is 6.42 Å². The maximum absolute atomic E-state index is 13.5. The van der Waals surface area contributed by atoms with E-state index >= 15 is 0 Å². The van der Waals surface area contributed by atoms with Crippen molar-refractivity contribution < 1.29 is 9.18 Å². The van der Waals surface area contributed by atoms with E-state index in [1.807, 2.05) is 12.1 Å². The van der Waals surface area contributed by atoms with Crippen LogP contribution in [0.3, 0.4) is 0 Å². The molecule has 0 saturated heterocycles. The molecule has 0 saturated carbocycles. The maximum Gasteiger partial charge on any atom is 0.319 e. The minimum atomic E-state index is -0.574. The summed E-state index contributed by atoms with van der Waals surface area (Å²) in [5.41, 5.74) is 1.14. The summed E-state index contributed by atoms with van der Waals surface area (Å²) in [5, 5.41) is 6.03. The summed E-state index contributed by atoms with van der Waals surface area (Å²) in [6, 6.07) is 11.0. The Balaban J connectivity index is 1.81. The summed E-state index contributed by atoms with van der Waals surface area (Å²) in [7, 11) is 0. The van der Waals surface area contributed by atoms with E-state index in [1.54, 1.807) is 12.1 Å². The van der Waals surface area contributed by atoms with E-state index in [1.165, 1.54) is 12.1 Å². The number of benzene rings is 2. The zero-order valence-corrected chi connectivity index (χ0v) is 12.5. The average Bonchev–Trinajstić information content (AvgIpc) is 2.44. The van der Waals surface area contributed by atoms with Gasteiger partial charge in [-0.1, -0.05) is 35.3 Å². The van der Waals surface area contributed by atoms with Gasteiger partial charge in [-0.15, -0.1) is 0 Å². The smallest absolute Gasteiger partial charge is 0.319 e. The van der Waals surface area contributed by atoms with E-state index in [4.69, 9.17) is 23.2 Å². The number of hydrogen-bond acceptors (Lipinski definition) is 1. The van der Waals surface area contributed by atoms with Crippen LogP contribution >= 0.6 is 23.2 Å². The molecule has 0 unspecified atom stereocenters. The van der Waals surface area contributed by atoms with Crippen LogP contribution in [0.25, 0.3) is 0 Å². The Bertz CT molecular complexity index is 632. The normalized spacial score (nSPS) is 10.2. The molecule has 21 heavy (non-hydrogen) atoms. The number of halogens is 3. The molecule has 2 amide bonds. The molecule has 0 aromatic heterocycles. The lowest BCUT2D eigenvalue weighted by Gasteiger charge is -2.08. The largest absolute Gasteiger partial charge is 0.338 e. The van der Waals surface area contributed by atoms with Crippen molar-refractivity contribution in [2.75, 3.05) is 11.9 Å². The van der Waals surface area contributed by atoms with Crippen LogP contribution in [0, 0.1) is 5.82 Å². The highest BCUT2D eigenvalue weighted by molar-refractivity contribution is 6.30. The molecule has 6 heteroatoms. The topological polar surface area (TPSA) is 41.1 Å². The second-order valence-electron chi connectivity index (χ2n) is 4.38. The molecule has 0 bridgehead atoms. The van der Waals surface area contributed by atoms with Crippen molar-refractivity contribution in [1.82, 2.24) is 5.32 Å². The van der Waals surface area contributed by atoms with Gasteiger partial charge in [-0.3, -0.25) is 0 Å². The minimum absolute atomic E-state index is 0.0865. The number of anilines is 1. The monoisotopic (exact) mass is 326 g/mol. The fourth-order valence-corrected chi connectivity index (χ4v) is 2.01. The van der Waals surface area contributed by atoms with Crippen molar-refractivity contribution in [1.29, 1.82) is 0 Å². The first kappa shape index (κ1) is 15.6. The van der Waals surface area contributed by atoms with E-state index in [9.17, 15) is 9.18 Å². The summed E-state index contributed by atoms with van der Waals surface area (Å²) in [5.74, 6) is -0.574. The Labute approximate surface area is 132 Å². The lowest BCUT2D eigenvalue weighted by Crippen LogP contribution is -2.30. The number of carbonyl (C=O) groups is 1. The Morgan fingerprint density at radius 2 is 1.71 bits per heavy atom. The van der Waals surface area contributed by atoms with Crippen LogP contribution in [0.15, 0.2) is 42.5 Å². The number of rotatable bonds is 4. The van der Waals surface area contributed by atoms with E-state index in [0.717, 1.165) is 11.6 Å². The van der Waals surface area contributed by atoms with E-state index < -0.39 is 11.8 Å². The Morgan fingerprint density at radius 1 is 1.05 bits per heavy atom. The predicted octanol–water partition coefficient (Wildman–Crippen LogP) is 4.50. The van der Waals surface area contributed by atoms with Crippen molar-refractivity contribution in [3.05, 3.63) is 63.9 Å². The number of urea groups is 1. The Morgan fingerprint density at radius 3 is 2.38 bits per heavy atom. The summed E-state index contributed by atoms with van der Waals surface area (Å²) in [4.78, 5) is 11.7. The predicted molar refractivity (Wildman–Crippen MR) is 83.6 cm³/mol. The second kappa shape index (κ2) is 7.29. The molecule has 2 aromatic rings.